The third kappa shape index (κ3) is 3.80. The Morgan fingerprint density at radius 2 is 1.90 bits per heavy atom. The Balaban J connectivity index is 2.09. The summed E-state index contributed by atoms with van der Waals surface area (Å²) in [6, 6.07) is 9.96. The molecule has 0 aliphatic rings. The first-order valence-electron chi connectivity index (χ1n) is 6.06. The first-order valence-corrected chi connectivity index (χ1v) is 6.81. The van der Waals surface area contributed by atoms with Gasteiger partial charge < -0.3 is 15.2 Å². The summed E-state index contributed by atoms with van der Waals surface area (Å²) in [7, 11) is 1.31. The first-order chi connectivity index (χ1) is 10.0. The van der Waals surface area contributed by atoms with E-state index in [9.17, 15) is 4.79 Å². The molecule has 0 bridgehead atoms. The molecule has 0 aliphatic carbocycles. The molecule has 0 aromatic heterocycles. The highest BCUT2D eigenvalue weighted by atomic mass is 35.5. The van der Waals surface area contributed by atoms with E-state index in [0.29, 0.717) is 33.7 Å². The molecule has 0 radical (unpaired) electrons. The van der Waals surface area contributed by atoms with Crippen molar-refractivity contribution in [1.82, 2.24) is 0 Å². The molecule has 0 saturated heterocycles. The lowest BCUT2D eigenvalue weighted by atomic mass is 10.2. The van der Waals surface area contributed by atoms with Gasteiger partial charge in [-0.2, -0.15) is 0 Å². The number of rotatable bonds is 4. The molecular formula is C15H13Cl2NO3. The lowest BCUT2D eigenvalue weighted by Crippen LogP contribution is -2.04. The highest BCUT2D eigenvalue weighted by Gasteiger charge is 2.09. The Morgan fingerprint density at radius 3 is 2.52 bits per heavy atom. The average molecular weight is 326 g/mol. The van der Waals surface area contributed by atoms with Crippen LogP contribution in [-0.4, -0.2) is 13.1 Å². The maximum atomic E-state index is 11.4. The van der Waals surface area contributed by atoms with Crippen LogP contribution >= 0.6 is 23.2 Å². The smallest absolute Gasteiger partial charge is 0.337 e. The summed E-state index contributed by atoms with van der Waals surface area (Å²) in [6.45, 7) is 0.290. The van der Waals surface area contributed by atoms with Gasteiger partial charge in [-0.3, -0.25) is 0 Å². The van der Waals surface area contributed by atoms with E-state index in [-0.39, 0.29) is 0 Å². The molecule has 2 aromatic rings. The topological polar surface area (TPSA) is 61.5 Å². The maximum absolute atomic E-state index is 11.4. The van der Waals surface area contributed by atoms with Crippen LogP contribution in [0.2, 0.25) is 10.0 Å². The van der Waals surface area contributed by atoms with E-state index in [2.05, 4.69) is 4.74 Å². The van der Waals surface area contributed by atoms with E-state index >= 15 is 0 Å². The zero-order valence-electron chi connectivity index (χ0n) is 11.2. The van der Waals surface area contributed by atoms with Gasteiger partial charge in [-0.25, -0.2) is 4.79 Å². The van der Waals surface area contributed by atoms with Gasteiger partial charge in [-0.15, -0.1) is 0 Å². The molecule has 0 amide bonds. The highest BCUT2D eigenvalue weighted by molar-refractivity contribution is 6.42. The van der Waals surface area contributed by atoms with Gasteiger partial charge in [-0.1, -0.05) is 29.3 Å². The van der Waals surface area contributed by atoms with Gasteiger partial charge in [0.1, 0.15) is 12.4 Å². The molecule has 0 atom stereocenters. The van der Waals surface area contributed by atoms with Crippen LogP contribution in [0.3, 0.4) is 0 Å². The van der Waals surface area contributed by atoms with Crippen molar-refractivity contribution < 1.29 is 14.3 Å². The third-order valence-corrected chi connectivity index (χ3v) is 3.55. The van der Waals surface area contributed by atoms with Crippen molar-refractivity contribution in [2.75, 3.05) is 12.8 Å². The second-order valence-corrected chi connectivity index (χ2v) is 5.10. The number of carbonyl (C=O) groups excluding carboxylic acids is 1. The van der Waals surface area contributed by atoms with Crippen LogP contribution in [0, 0.1) is 0 Å². The van der Waals surface area contributed by atoms with Crippen molar-refractivity contribution in [3.8, 4) is 5.75 Å². The standard InChI is InChI=1S/C15H13Cl2NO3/c1-20-15(19)10-3-5-14(13(18)7-10)21-8-9-2-4-11(16)12(17)6-9/h2-7H,8,18H2,1H3. The molecule has 2 N–H and O–H groups in total. The summed E-state index contributed by atoms with van der Waals surface area (Å²) in [5, 5.41) is 0.953. The van der Waals surface area contributed by atoms with Gasteiger partial charge in [-0.05, 0) is 35.9 Å². The van der Waals surface area contributed by atoms with Gasteiger partial charge in [0.25, 0.3) is 0 Å². The van der Waals surface area contributed by atoms with E-state index in [4.69, 9.17) is 33.7 Å². The number of anilines is 1. The fourth-order valence-electron chi connectivity index (χ4n) is 1.72. The van der Waals surface area contributed by atoms with E-state index in [1.54, 1.807) is 24.3 Å². The molecule has 2 aromatic carbocycles. The predicted octanol–water partition coefficient (Wildman–Crippen LogP) is 3.94. The minimum atomic E-state index is -0.447. The molecular weight excluding hydrogens is 313 g/mol. The van der Waals surface area contributed by atoms with Crippen LogP contribution in [0.1, 0.15) is 15.9 Å². The minimum Gasteiger partial charge on any atom is -0.487 e. The predicted molar refractivity (Wildman–Crippen MR) is 83.0 cm³/mol. The van der Waals surface area contributed by atoms with Crippen LogP contribution in [0.5, 0.6) is 5.75 Å². The number of carbonyl (C=O) groups is 1. The Bertz CT molecular complexity index is 674. The van der Waals surface area contributed by atoms with Crippen molar-refractivity contribution in [1.29, 1.82) is 0 Å². The summed E-state index contributed by atoms with van der Waals surface area (Å²) in [6.07, 6.45) is 0. The molecule has 0 unspecified atom stereocenters. The van der Waals surface area contributed by atoms with Gasteiger partial charge >= 0.3 is 5.97 Å². The molecule has 0 spiro atoms. The van der Waals surface area contributed by atoms with Crippen LogP contribution < -0.4 is 10.5 Å². The number of esters is 1. The monoisotopic (exact) mass is 325 g/mol. The first kappa shape index (κ1) is 15.5. The summed E-state index contributed by atoms with van der Waals surface area (Å²) < 4.78 is 10.2. The number of nitrogens with two attached hydrogens (primary N) is 1. The van der Waals surface area contributed by atoms with Crippen molar-refractivity contribution in [3.05, 3.63) is 57.6 Å². The number of hydrogen-bond donors (Lipinski definition) is 1. The summed E-state index contributed by atoms with van der Waals surface area (Å²) in [5.74, 6) is 0.0338. The van der Waals surface area contributed by atoms with Crippen LogP contribution in [0.25, 0.3) is 0 Å². The lowest BCUT2D eigenvalue weighted by molar-refractivity contribution is 0.0600. The zero-order valence-corrected chi connectivity index (χ0v) is 12.7. The SMILES string of the molecule is COC(=O)c1ccc(OCc2ccc(Cl)c(Cl)c2)c(N)c1. The Labute approximate surface area is 132 Å². The minimum absolute atomic E-state index is 0.290. The van der Waals surface area contributed by atoms with Crippen molar-refractivity contribution in [3.63, 3.8) is 0 Å². The number of ether oxygens (including phenoxy) is 2. The molecule has 21 heavy (non-hydrogen) atoms. The van der Waals surface area contributed by atoms with Crippen LogP contribution in [-0.2, 0) is 11.3 Å². The normalized spacial score (nSPS) is 10.2. The van der Waals surface area contributed by atoms with Gasteiger partial charge in [0.05, 0.1) is 28.4 Å². The van der Waals surface area contributed by atoms with E-state index in [1.807, 2.05) is 6.07 Å². The molecule has 0 heterocycles. The molecule has 0 aliphatic heterocycles. The second-order valence-electron chi connectivity index (χ2n) is 4.28. The summed E-state index contributed by atoms with van der Waals surface area (Å²) >= 11 is 11.8. The Kier molecular flexibility index (Phi) is 4.94. The van der Waals surface area contributed by atoms with Gasteiger partial charge in [0.15, 0.2) is 0 Å². The lowest BCUT2D eigenvalue weighted by Gasteiger charge is -2.10. The largest absolute Gasteiger partial charge is 0.487 e. The third-order valence-electron chi connectivity index (χ3n) is 2.81. The van der Waals surface area contributed by atoms with Crippen molar-refractivity contribution in [2.45, 2.75) is 6.61 Å². The maximum Gasteiger partial charge on any atom is 0.337 e. The number of halogens is 2. The number of methoxy groups -OCH3 is 1. The Hall–Kier alpha value is -1.91. The summed E-state index contributed by atoms with van der Waals surface area (Å²) in [4.78, 5) is 11.4. The molecule has 0 fully saturated rings. The number of nitrogen functional groups attached to an aromatic ring is 1. The zero-order chi connectivity index (χ0) is 15.4. The van der Waals surface area contributed by atoms with Crippen LogP contribution in [0.15, 0.2) is 36.4 Å². The number of benzene rings is 2. The molecule has 0 saturated carbocycles. The van der Waals surface area contributed by atoms with E-state index in [1.165, 1.54) is 13.2 Å². The second kappa shape index (κ2) is 6.70. The van der Waals surface area contributed by atoms with Gasteiger partial charge in [0.2, 0.25) is 0 Å². The molecule has 2 rings (SSSR count). The number of hydrogen-bond acceptors (Lipinski definition) is 4. The van der Waals surface area contributed by atoms with Crippen LogP contribution in [0.4, 0.5) is 5.69 Å². The Morgan fingerprint density at radius 1 is 1.14 bits per heavy atom. The average Bonchev–Trinajstić information content (AvgIpc) is 2.48. The van der Waals surface area contributed by atoms with Crippen molar-refractivity contribution in [2.24, 2.45) is 0 Å². The highest BCUT2D eigenvalue weighted by Crippen LogP contribution is 2.26. The van der Waals surface area contributed by atoms with Gasteiger partial charge in [0, 0.05) is 0 Å². The molecule has 4 nitrogen and oxygen atoms in total. The molecule has 6 heteroatoms. The van der Waals surface area contributed by atoms with E-state index < -0.39 is 5.97 Å². The quantitative estimate of drug-likeness (QED) is 0.683. The summed E-state index contributed by atoms with van der Waals surface area (Å²) in [5.41, 5.74) is 7.45. The fourth-order valence-corrected chi connectivity index (χ4v) is 2.04. The van der Waals surface area contributed by atoms with E-state index in [0.717, 1.165) is 5.56 Å². The van der Waals surface area contributed by atoms with Crippen molar-refractivity contribution >= 4 is 34.9 Å². The molecule has 110 valence electrons. The fraction of sp³-hybridized carbons (Fsp3) is 0.133.